The fourth-order valence-corrected chi connectivity index (χ4v) is 4.92. The number of ether oxygens (including phenoxy) is 3. The molecule has 3 aromatic carbocycles. The van der Waals surface area contributed by atoms with Gasteiger partial charge < -0.3 is 19.5 Å². The number of hydrogen-bond donors (Lipinski definition) is 1. The topological polar surface area (TPSA) is 74.6 Å². The molecule has 1 amide bonds. The molecule has 38 heavy (non-hydrogen) atoms. The number of hydrogen-bond acceptors (Lipinski definition) is 5. The van der Waals surface area contributed by atoms with E-state index in [9.17, 15) is 4.79 Å². The summed E-state index contributed by atoms with van der Waals surface area (Å²) < 4.78 is 18.4. The zero-order valence-electron chi connectivity index (χ0n) is 21.3. The predicted octanol–water partition coefficient (Wildman–Crippen LogP) is 7.36. The number of aryl methyl sites for hydroxylation is 1. The van der Waals surface area contributed by atoms with Gasteiger partial charge in [0.15, 0.2) is 17.2 Å². The van der Waals surface area contributed by atoms with Crippen molar-refractivity contribution in [3.05, 3.63) is 97.7 Å². The van der Waals surface area contributed by atoms with Crippen molar-refractivity contribution in [3.8, 4) is 17.2 Å². The van der Waals surface area contributed by atoms with Gasteiger partial charge in [-0.15, -0.1) is 0 Å². The van der Waals surface area contributed by atoms with E-state index in [0.717, 1.165) is 16.8 Å². The number of nitrogens with one attached hydrogen (secondary N) is 1. The minimum atomic E-state index is -0.258. The summed E-state index contributed by atoms with van der Waals surface area (Å²) in [6.07, 6.45) is 0. The summed E-state index contributed by atoms with van der Waals surface area (Å²) in [5.74, 6) is 1.38. The van der Waals surface area contributed by atoms with Crippen molar-refractivity contribution in [2.24, 2.45) is 0 Å². The molecule has 0 saturated carbocycles. The van der Waals surface area contributed by atoms with Crippen LogP contribution in [0, 0.1) is 13.8 Å². The summed E-state index contributed by atoms with van der Waals surface area (Å²) in [7, 11) is 3.20. The number of nitrogens with zero attached hydrogens (tertiary/aromatic N) is 2. The summed E-state index contributed by atoms with van der Waals surface area (Å²) in [4.78, 5) is 13.1. The van der Waals surface area contributed by atoms with E-state index in [1.54, 1.807) is 44.6 Å². The SMILES string of the molecule is COc1ccc(Cn2nc(C)c(NC(=O)c3cccc(COc4c(Cl)cc(Cl)cc4Cl)c3)c2C)cc1OC. The molecule has 7 nitrogen and oxygen atoms in total. The van der Waals surface area contributed by atoms with Gasteiger partial charge in [0.1, 0.15) is 6.61 Å². The maximum Gasteiger partial charge on any atom is 0.255 e. The van der Waals surface area contributed by atoms with Crippen molar-refractivity contribution in [2.45, 2.75) is 27.0 Å². The quantitative estimate of drug-likeness (QED) is 0.226. The second-order valence-corrected chi connectivity index (χ2v) is 9.79. The highest BCUT2D eigenvalue weighted by Crippen LogP contribution is 2.36. The highest BCUT2D eigenvalue weighted by Gasteiger charge is 2.17. The van der Waals surface area contributed by atoms with Crippen molar-refractivity contribution in [1.29, 1.82) is 0 Å². The first-order valence-electron chi connectivity index (χ1n) is 11.6. The third kappa shape index (κ3) is 6.18. The van der Waals surface area contributed by atoms with Crippen LogP contribution in [-0.2, 0) is 13.2 Å². The predicted molar refractivity (Wildman–Crippen MR) is 151 cm³/mol. The van der Waals surface area contributed by atoms with Crippen molar-refractivity contribution in [1.82, 2.24) is 9.78 Å². The summed E-state index contributed by atoms with van der Waals surface area (Å²) in [6.45, 7) is 4.45. The molecule has 0 radical (unpaired) electrons. The lowest BCUT2D eigenvalue weighted by Gasteiger charge is -2.12. The van der Waals surface area contributed by atoms with Gasteiger partial charge in [0.25, 0.3) is 5.91 Å². The molecule has 1 aromatic heterocycles. The van der Waals surface area contributed by atoms with Crippen molar-refractivity contribution in [2.75, 3.05) is 19.5 Å². The van der Waals surface area contributed by atoms with Crippen LogP contribution in [0.5, 0.6) is 17.2 Å². The Morgan fingerprint density at radius 3 is 2.32 bits per heavy atom. The van der Waals surface area contributed by atoms with Crippen LogP contribution in [0.25, 0.3) is 0 Å². The average molecular weight is 575 g/mol. The standard InChI is InChI=1S/C28H26Cl3N3O4/c1-16-26(17(2)34(33-16)14-18-8-9-24(36-3)25(11-18)37-4)32-28(35)20-7-5-6-19(10-20)15-38-27-22(30)12-21(29)13-23(27)31/h5-13H,14-15H2,1-4H3,(H,32,35). The Morgan fingerprint density at radius 1 is 0.921 bits per heavy atom. The fraction of sp³-hybridized carbons (Fsp3) is 0.214. The minimum Gasteiger partial charge on any atom is -0.493 e. The molecular formula is C28H26Cl3N3O4. The highest BCUT2D eigenvalue weighted by atomic mass is 35.5. The second-order valence-electron chi connectivity index (χ2n) is 8.53. The van der Waals surface area contributed by atoms with E-state index < -0.39 is 0 Å². The molecule has 4 aromatic rings. The number of carbonyl (C=O) groups excluding carboxylic acids is 1. The smallest absolute Gasteiger partial charge is 0.255 e. The molecule has 0 aliphatic heterocycles. The molecule has 0 bridgehead atoms. The van der Waals surface area contributed by atoms with Gasteiger partial charge in [-0.1, -0.05) is 53.0 Å². The number of methoxy groups -OCH3 is 2. The van der Waals surface area contributed by atoms with Crippen LogP contribution >= 0.6 is 34.8 Å². The lowest BCUT2D eigenvalue weighted by Crippen LogP contribution is -2.14. The lowest BCUT2D eigenvalue weighted by molar-refractivity contribution is 0.102. The third-order valence-electron chi connectivity index (χ3n) is 5.94. The van der Waals surface area contributed by atoms with Crippen LogP contribution in [0.15, 0.2) is 54.6 Å². The molecule has 198 valence electrons. The molecule has 10 heteroatoms. The number of aromatic nitrogens is 2. The van der Waals surface area contributed by atoms with Gasteiger partial charge in [-0.25, -0.2) is 0 Å². The zero-order chi connectivity index (χ0) is 27.4. The molecule has 0 atom stereocenters. The van der Waals surface area contributed by atoms with Crippen LogP contribution in [-0.4, -0.2) is 29.9 Å². The largest absolute Gasteiger partial charge is 0.493 e. The Bertz CT molecular complexity index is 1460. The monoisotopic (exact) mass is 573 g/mol. The Hall–Kier alpha value is -3.39. The number of amides is 1. The van der Waals surface area contributed by atoms with Crippen molar-refractivity contribution < 1.29 is 19.0 Å². The van der Waals surface area contributed by atoms with Gasteiger partial charge in [0.2, 0.25) is 0 Å². The van der Waals surface area contributed by atoms with E-state index in [1.165, 1.54) is 0 Å². The van der Waals surface area contributed by atoms with E-state index in [0.29, 0.717) is 55.8 Å². The molecule has 0 fully saturated rings. The number of anilines is 1. The lowest BCUT2D eigenvalue weighted by atomic mass is 10.1. The molecule has 0 aliphatic rings. The fourth-order valence-electron chi connectivity index (χ4n) is 3.99. The van der Waals surface area contributed by atoms with Gasteiger partial charge >= 0.3 is 0 Å². The first-order chi connectivity index (χ1) is 18.2. The van der Waals surface area contributed by atoms with Gasteiger partial charge in [-0.2, -0.15) is 5.10 Å². The van der Waals surface area contributed by atoms with Crippen LogP contribution < -0.4 is 19.5 Å². The van der Waals surface area contributed by atoms with Gasteiger partial charge in [-0.05, 0) is 61.4 Å². The molecular weight excluding hydrogens is 549 g/mol. The molecule has 4 rings (SSSR count). The Kier molecular flexibility index (Phi) is 8.72. The average Bonchev–Trinajstić information content (AvgIpc) is 3.15. The third-order valence-corrected chi connectivity index (χ3v) is 6.72. The molecule has 0 spiro atoms. The van der Waals surface area contributed by atoms with Crippen LogP contribution in [0.4, 0.5) is 5.69 Å². The Labute approximate surface area is 236 Å². The maximum absolute atomic E-state index is 13.1. The van der Waals surface area contributed by atoms with E-state index in [2.05, 4.69) is 10.4 Å². The van der Waals surface area contributed by atoms with Crippen LogP contribution in [0.1, 0.15) is 32.9 Å². The zero-order valence-corrected chi connectivity index (χ0v) is 23.5. The van der Waals surface area contributed by atoms with E-state index in [1.807, 2.05) is 42.8 Å². The molecule has 0 saturated heterocycles. The maximum atomic E-state index is 13.1. The molecule has 1 N–H and O–H groups in total. The minimum absolute atomic E-state index is 0.170. The summed E-state index contributed by atoms with van der Waals surface area (Å²) in [6, 6.07) is 16.0. The van der Waals surface area contributed by atoms with Gasteiger partial charge in [0.05, 0.1) is 47.9 Å². The number of rotatable bonds is 9. The molecule has 1 heterocycles. The van der Waals surface area contributed by atoms with E-state index in [-0.39, 0.29) is 12.5 Å². The summed E-state index contributed by atoms with van der Waals surface area (Å²) >= 11 is 18.4. The normalized spacial score (nSPS) is 10.8. The number of halogens is 3. The number of benzene rings is 3. The van der Waals surface area contributed by atoms with Gasteiger partial charge in [-0.3, -0.25) is 9.48 Å². The molecule has 0 aliphatic carbocycles. The first kappa shape index (κ1) is 27.6. The highest BCUT2D eigenvalue weighted by molar-refractivity contribution is 6.40. The van der Waals surface area contributed by atoms with Gasteiger partial charge in [0, 0.05) is 10.6 Å². The Morgan fingerprint density at radius 2 is 1.63 bits per heavy atom. The van der Waals surface area contributed by atoms with E-state index >= 15 is 0 Å². The second kappa shape index (κ2) is 12.0. The summed E-state index contributed by atoms with van der Waals surface area (Å²) in [5, 5.41) is 8.68. The van der Waals surface area contributed by atoms with Crippen molar-refractivity contribution in [3.63, 3.8) is 0 Å². The van der Waals surface area contributed by atoms with Crippen LogP contribution in [0.3, 0.4) is 0 Å². The Balaban J connectivity index is 1.47. The van der Waals surface area contributed by atoms with E-state index in [4.69, 9.17) is 49.0 Å². The first-order valence-corrected chi connectivity index (χ1v) is 12.8. The summed E-state index contributed by atoms with van der Waals surface area (Å²) in [5.41, 5.74) is 4.44. The van der Waals surface area contributed by atoms with Crippen LogP contribution in [0.2, 0.25) is 15.1 Å². The number of carbonyl (C=O) groups is 1. The van der Waals surface area contributed by atoms with Crippen molar-refractivity contribution >= 4 is 46.4 Å². The molecule has 0 unspecified atom stereocenters.